The summed E-state index contributed by atoms with van der Waals surface area (Å²) in [5, 5.41) is 5.64. The summed E-state index contributed by atoms with van der Waals surface area (Å²) in [6.45, 7) is 2.23. The van der Waals surface area contributed by atoms with E-state index in [1.165, 1.54) is 12.1 Å². The number of pyridine rings is 1. The molecule has 23 heavy (non-hydrogen) atoms. The molecule has 1 atom stereocenters. The Morgan fingerprint density at radius 3 is 2.61 bits per heavy atom. The zero-order valence-electron chi connectivity index (χ0n) is 13.5. The monoisotopic (exact) mass is 316 g/mol. The van der Waals surface area contributed by atoms with Crippen molar-refractivity contribution in [2.45, 2.75) is 19.5 Å². The van der Waals surface area contributed by atoms with Gasteiger partial charge in [-0.1, -0.05) is 18.2 Å². The van der Waals surface area contributed by atoms with Gasteiger partial charge in [0.2, 0.25) is 0 Å². The van der Waals surface area contributed by atoms with E-state index in [0.717, 1.165) is 16.9 Å². The summed E-state index contributed by atoms with van der Waals surface area (Å²) in [4.78, 5) is 18.2. The van der Waals surface area contributed by atoms with Gasteiger partial charge in [0.25, 0.3) is 0 Å². The highest BCUT2D eigenvalue weighted by Crippen LogP contribution is 2.15. The largest absolute Gasteiger partial charge is 0.362 e. The first-order valence-electron chi connectivity index (χ1n) is 7.38. The molecule has 2 N–H and O–H groups in total. The summed E-state index contributed by atoms with van der Waals surface area (Å²) in [6, 6.07) is 9.34. The fraction of sp³-hybridized carbons (Fsp3) is 0.294. The van der Waals surface area contributed by atoms with E-state index in [4.69, 9.17) is 0 Å². The SMILES string of the molecule is C[C@H](NC(=O)NCc1cccnc1N(C)C)c1ccc(F)cc1. The molecule has 0 saturated carbocycles. The first-order valence-corrected chi connectivity index (χ1v) is 7.38. The third-order valence-corrected chi connectivity index (χ3v) is 3.45. The molecule has 2 rings (SSSR count). The lowest BCUT2D eigenvalue weighted by molar-refractivity contribution is 0.237. The summed E-state index contributed by atoms with van der Waals surface area (Å²) in [6.07, 6.45) is 1.72. The average Bonchev–Trinajstić information content (AvgIpc) is 2.53. The van der Waals surface area contributed by atoms with Crippen LogP contribution in [0.3, 0.4) is 0 Å². The van der Waals surface area contributed by atoms with E-state index in [2.05, 4.69) is 15.6 Å². The van der Waals surface area contributed by atoms with Crippen LogP contribution in [0.1, 0.15) is 24.1 Å². The minimum atomic E-state index is -0.293. The van der Waals surface area contributed by atoms with Gasteiger partial charge in [-0.05, 0) is 30.7 Å². The second-order valence-corrected chi connectivity index (χ2v) is 5.48. The highest BCUT2D eigenvalue weighted by molar-refractivity contribution is 5.74. The smallest absolute Gasteiger partial charge is 0.315 e. The van der Waals surface area contributed by atoms with Gasteiger partial charge >= 0.3 is 6.03 Å². The van der Waals surface area contributed by atoms with Crippen molar-refractivity contribution in [2.75, 3.05) is 19.0 Å². The third-order valence-electron chi connectivity index (χ3n) is 3.45. The van der Waals surface area contributed by atoms with Crippen LogP contribution in [-0.2, 0) is 6.54 Å². The maximum Gasteiger partial charge on any atom is 0.315 e. The Labute approximate surface area is 135 Å². The number of halogens is 1. The van der Waals surface area contributed by atoms with Gasteiger partial charge in [-0.25, -0.2) is 14.2 Å². The van der Waals surface area contributed by atoms with Crippen LogP contribution in [0.5, 0.6) is 0 Å². The molecule has 0 radical (unpaired) electrons. The number of hydrogen-bond donors (Lipinski definition) is 2. The molecule has 0 saturated heterocycles. The number of carbonyl (C=O) groups excluding carboxylic acids is 1. The van der Waals surface area contributed by atoms with Gasteiger partial charge in [-0.2, -0.15) is 0 Å². The zero-order chi connectivity index (χ0) is 16.8. The molecule has 0 bridgehead atoms. The van der Waals surface area contributed by atoms with Crippen LogP contribution >= 0.6 is 0 Å². The standard InChI is InChI=1S/C17H21FN4O/c1-12(13-6-8-15(18)9-7-13)21-17(23)20-11-14-5-4-10-19-16(14)22(2)3/h4-10,12H,11H2,1-3H3,(H2,20,21,23)/t12-/m0/s1. The lowest BCUT2D eigenvalue weighted by Crippen LogP contribution is -2.36. The Bertz CT molecular complexity index is 658. The van der Waals surface area contributed by atoms with Crippen LogP contribution in [0.25, 0.3) is 0 Å². The normalized spacial score (nSPS) is 11.7. The molecular weight excluding hydrogens is 295 g/mol. The second-order valence-electron chi connectivity index (χ2n) is 5.48. The van der Waals surface area contributed by atoms with Crippen LogP contribution in [0.2, 0.25) is 0 Å². The molecule has 122 valence electrons. The van der Waals surface area contributed by atoms with Crippen molar-refractivity contribution in [3.05, 3.63) is 59.5 Å². The van der Waals surface area contributed by atoms with Gasteiger partial charge < -0.3 is 15.5 Å². The average molecular weight is 316 g/mol. The van der Waals surface area contributed by atoms with E-state index in [0.29, 0.717) is 6.54 Å². The van der Waals surface area contributed by atoms with Crippen LogP contribution in [0.15, 0.2) is 42.6 Å². The molecule has 5 nitrogen and oxygen atoms in total. The predicted octanol–water partition coefficient (Wildman–Crippen LogP) is 2.85. The minimum Gasteiger partial charge on any atom is -0.362 e. The number of hydrogen-bond acceptors (Lipinski definition) is 3. The van der Waals surface area contributed by atoms with Crippen molar-refractivity contribution in [3.63, 3.8) is 0 Å². The van der Waals surface area contributed by atoms with E-state index in [1.54, 1.807) is 18.3 Å². The summed E-state index contributed by atoms with van der Waals surface area (Å²) in [7, 11) is 3.81. The molecule has 0 aliphatic heterocycles. The molecular formula is C17H21FN4O. The summed E-state index contributed by atoms with van der Waals surface area (Å²) in [5.41, 5.74) is 1.78. The van der Waals surface area contributed by atoms with Gasteiger partial charge in [0.05, 0.1) is 6.04 Å². The molecule has 2 amide bonds. The van der Waals surface area contributed by atoms with E-state index in [-0.39, 0.29) is 17.9 Å². The summed E-state index contributed by atoms with van der Waals surface area (Å²) < 4.78 is 12.9. The molecule has 0 fully saturated rings. The second kappa shape index (κ2) is 7.58. The molecule has 0 spiro atoms. The molecule has 1 aromatic carbocycles. The van der Waals surface area contributed by atoms with Crippen molar-refractivity contribution in [1.29, 1.82) is 0 Å². The van der Waals surface area contributed by atoms with Crippen molar-refractivity contribution in [3.8, 4) is 0 Å². The number of anilines is 1. The molecule has 2 aromatic rings. The van der Waals surface area contributed by atoms with E-state index < -0.39 is 0 Å². The number of amides is 2. The van der Waals surface area contributed by atoms with E-state index >= 15 is 0 Å². The Balaban J connectivity index is 1.91. The van der Waals surface area contributed by atoms with E-state index in [9.17, 15) is 9.18 Å². The first kappa shape index (κ1) is 16.7. The number of urea groups is 1. The van der Waals surface area contributed by atoms with Crippen molar-refractivity contribution >= 4 is 11.8 Å². The molecule has 6 heteroatoms. The summed E-state index contributed by atoms with van der Waals surface area (Å²) in [5.74, 6) is 0.526. The Morgan fingerprint density at radius 2 is 1.96 bits per heavy atom. The number of carbonyl (C=O) groups is 1. The highest BCUT2D eigenvalue weighted by atomic mass is 19.1. The molecule has 1 aromatic heterocycles. The number of nitrogens with zero attached hydrogens (tertiary/aromatic N) is 2. The van der Waals surface area contributed by atoms with Crippen LogP contribution in [-0.4, -0.2) is 25.1 Å². The predicted molar refractivity (Wildman–Crippen MR) is 88.8 cm³/mol. The van der Waals surface area contributed by atoms with Crippen LogP contribution < -0.4 is 15.5 Å². The van der Waals surface area contributed by atoms with Crippen LogP contribution in [0.4, 0.5) is 15.0 Å². The zero-order valence-corrected chi connectivity index (χ0v) is 13.5. The number of aromatic nitrogens is 1. The maximum absolute atomic E-state index is 12.9. The van der Waals surface area contributed by atoms with E-state index in [1.807, 2.05) is 38.1 Å². The quantitative estimate of drug-likeness (QED) is 0.892. The van der Waals surface area contributed by atoms with Gasteiger partial charge in [-0.15, -0.1) is 0 Å². The van der Waals surface area contributed by atoms with Crippen LogP contribution in [0, 0.1) is 5.82 Å². The van der Waals surface area contributed by atoms with Crippen molar-refractivity contribution < 1.29 is 9.18 Å². The summed E-state index contributed by atoms with van der Waals surface area (Å²) >= 11 is 0. The Kier molecular flexibility index (Phi) is 5.51. The fourth-order valence-corrected chi connectivity index (χ4v) is 2.23. The molecule has 0 aliphatic carbocycles. The van der Waals surface area contributed by atoms with Gasteiger partial charge in [0.15, 0.2) is 0 Å². The molecule has 0 aliphatic rings. The topological polar surface area (TPSA) is 57.3 Å². The fourth-order valence-electron chi connectivity index (χ4n) is 2.23. The van der Waals surface area contributed by atoms with Gasteiger partial charge in [0.1, 0.15) is 11.6 Å². The highest BCUT2D eigenvalue weighted by Gasteiger charge is 2.11. The van der Waals surface area contributed by atoms with Gasteiger partial charge in [-0.3, -0.25) is 0 Å². The lowest BCUT2D eigenvalue weighted by atomic mass is 10.1. The first-order chi connectivity index (χ1) is 11.0. The Hall–Kier alpha value is -2.63. The van der Waals surface area contributed by atoms with Crippen molar-refractivity contribution in [1.82, 2.24) is 15.6 Å². The lowest BCUT2D eigenvalue weighted by Gasteiger charge is -2.18. The number of nitrogens with one attached hydrogen (secondary N) is 2. The molecule has 1 heterocycles. The number of benzene rings is 1. The third kappa shape index (κ3) is 4.67. The van der Waals surface area contributed by atoms with Gasteiger partial charge in [0, 0.05) is 32.4 Å². The van der Waals surface area contributed by atoms with Crippen molar-refractivity contribution in [2.24, 2.45) is 0 Å². The Morgan fingerprint density at radius 1 is 1.26 bits per heavy atom. The maximum atomic E-state index is 12.9. The number of rotatable bonds is 5. The molecule has 0 unspecified atom stereocenters. The minimum absolute atomic E-state index is 0.210.